The number of hydrogen-bond acceptors (Lipinski definition) is 3. The fraction of sp³-hybridized carbons (Fsp3) is 0.647. The lowest BCUT2D eigenvalue weighted by atomic mass is 9.95. The normalized spacial score (nSPS) is 12.5. The maximum Gasteiger partial charge on any atom is 0.0587 e. The number of nitrogens with one attached hydrogen (secondary N) is 1. The number of ether oxygens (including phenoxy) is 1. The zero-order valence-corrected chi connectivity index (χ0v) is 14.8. The molecule has 0 heterocycles. The van der Waals surface area contributed by atoms with Crippen LogP contribution in [0.25, 0.3) is 0 Å². The molecule has 0 radical (unpaired) electrons. The molecule has 1 unspecified atom stereocenters. The van der Waals surface area contributed by atoms with Crippen molar-refractivity contribution in [2.75, 3.05) is 38.3 Å². The van der Waals surface area contributed by atoms with Crippen molar-refractivity contribution >= 4 is 23.4 Å². The molecule has 1 N–H and O–H groups in total. The van der Waals surface area contributed by atoms with Crippen molar-refractivity contribution in [1.29, 1.82) is 0 Å². The Hall–Kier alpha value is -0.220. The number of rotatable bonds is 12. The van der Waals surface area contributed by atoms with Gasteiger partial charge >= 0.3 is 0 Å². The van der Waals surface area contributed by atoms with Crippen LogP contribution in [0, 0.1) is 5.92 Å². The molecule has 0 spiro atoms. The van der Waals surface area contributed by atoms with Crippen molar-refractivity contribution < 1.29 is 4.74 Å². The first-order valence-corrected chi connectivity index (χ1v) is 9.31. The largest absolute Gasteiger partial charge is 0.383 e. The molecule has 1 rings (SSSR count). The smallest absolute Gasteiger partial charge is 0.0587 e. The Morgan fingerprint density at radius 1 is 1.38 bits per heavy atom. The van der Waals surface area contributed by atoms with Crippen LogP contribution in [0.2, 0.25) is 5.02 Å². The van der Waals surface area contributed by atoms with E-state index in [9.17, 15) is 0 Å². The highest BCUT2D eigenvalue weighted by Gasteiger charge is 2.10. The topological polar surface area (TPSA) is 21.3 Å². The summed E-state index contributed by atoms with van der Waals surface area (Å²) in [5.41, 5.74) is 1.34. The van der Waals surface area contributed by atoms with Gasteiger partial charge in [0, 0.05) is 18.7 Å². The van der Waals surface area contributed by atoms with Gasteiger partial charge in [-0.3, -0.25) is 0 Å². The summed E-state index contributed by atoms with van der Waals surface area (Å²) in [5, 5.41) is 4.33. The number of thioether (sulfide) groups is 1. The molecular formula is C17H28ClNOS. The minimum absolute atomic E-state index is 0.665. The molecule has 4 heteroatoms. The Kier molecular flexibility index (Phi) is 11.1. The maximum atomic E-state index is 6.08. The Balaban J connectivity index is 2.41. The van der Waals surface area contributed by atoms with Crippen molar-refractivity contribution in [3.05, 3.63) is 34.9 Å². The van der Waals surface area contributed by atoms with Crippen LogP contribution in [-0.4, -0.2) is 38.3 Å². The minimum Gasteiger partial charge on any atom is -0.383 e. The Morgan fingerprint density at radius 3 is 2.95 bits per heavy atom. The number of hydrogen-bond donors (Lipinski definition) is 1. The van der Waals surface area contributed by atoms with E-state index in [0.717, 1.165) is 31.1 Å². The lowest BCUT2D eigenvalue weighted by Crippen LogP contribution is -2.27. The van der Waals surface area contributed by atoms with Gasteiger partial charge in [-0.15, -0.1) is 0 Å². The third-order valence-corrected chi connectivity index (χ3v) is 4.66. The average molecular weight is 330 g/mol. The van der Waals surface area contributed by atoms with Crippen molar-refractivity contribution in [3.8, 4) is 0 Å². The van der Waals surface area contributed by atoms with E-state index in [4.69, 9.17) is 16.3 Å². The summed E-state index contributed by atoms with van der Waals surface area (Å²) in [7, 11) is 1.74. The molecule has 0 amide bonds. The molecule has 0 bridgehead atoms. The van der Waals surface area contributed by atoms with Crippen LogP contribution in [0.4, 0.5) is 0 Å². The number of halogens is 1. The summed E-state index contributed by atoms with van der Waals surface area (Å²) in [5.74, 6) is 3.14. The van der Waals surface area contributed by atoms with E-state index in [0.29, 0.717) is 5.92 Å². The van der Waals surface area contributed by atoms with Crippen LogP contribution in [0.1, 0.15) is 25.3 Å². The first-order valence-electron chi connectivity index (χ1n) is 7.78. The fourth-order valence-corrected chi connectivity index (χ4v) is 3.24. The first kappa shape index (κ1) is 18.8. The Labute approximate surface area is 139 Å². The van der Waals surface area contributed by atoms with Crippen molar-refractivity contribution in [2.24, 2.45) is 5.92 Å². The lowest BCUT2D eigenvalue weighted by molar-refractivity contribution is 0.197. The number of benzene rings is 1. The summed E-state index contributed by atoms with van der Waals surface area (Å²) in [6.45, 7) is 4.97. The molecule has 0 fully saturated rings. The molecule has 21 heavy (non-hydrogen) atoms. The lowest BCUT2D eigenvalue weighted by Gasteiger charge is -2.18. The summed E-state index contributed by atoms with van der Waals surface area (Å²) in [6.07, 6.45) is 3.65. The van der Waals surface area contributed by atoms with Crippen LogP contribution in [0.15, 0.2) is 24.3 Å². The highest BCUT2D eigenvalue weighted by atomic mass is 35.5. The molecule has 2 nitrogen and oxygen atoms in total. The van der Waals surface area contributed by atoms with E-state index in [2.05, 4.69) is 24.4 Å². The van der Waals surface area contributed by atoms with Crippen LogP contribution in [0.3, 0.4) is 0 Å². The second-order valence-electron chi connectivity index (χ2n) is 5.24. The summed E-state index contributed by atoms with van der Waals surface area (Å²) >= 11 is 8.11. The molecule has 0 aromatic heterocycles. The molecule has 0 saturated carbocycles. The Bertz CT molecular complexity index is 364. The molecule has 120 valence electrons. The van der Waals surface area contributed by atoms with Gasteiger partial charge in [-0.25, -0.2) is 0 Å². The fourth-order valence-electron chi connectivity index (χ4n) is 2.37. The second kappa shape index (κ2) is 12.3. The van der Waals surface area contributed by atoms with E-state index in [1.54, 1.807) is 7.11 Å². The standard InChI is InChI=1S/C17H28ClNOS/c1-3-21-11-5-7-16(14-19-9-10-20-2)12-15-6-4-8-17(18)13-15/h4,6,8,13,16,19H,3,5,7,9-12,14H2,1-2H3. The Morgan fingerprint density at radius 2 is 2.24 bits per heavy atom. The molecule has 0 aliphatic rings. The van der Waals surface area contributed by atoms with Crippen LogP contribution >= 0.6 is 23.4 Å². The van der Waals surface area contributed by atoms with Gasteiger partial charge in [0.25, 0.3) is 0 Å². The van der Waals surface area contributed by atoms with Crippen molar-refractivity contribution in [2.45, 2.75) is 26.2 Å². The molecular weight excluding hydrogens is 302 g/mol. The third kappa shape index (κ3) is 9.41. The van der Waals surface area contributed by atoms with Gasteiger partial charge in [0.15, 0.2) is 0 Å². The van der Waals surface area contributed by atoms with E-state index in [1.165, 1.54) is 29.9 Å². The van der Waals surface area contributed by atoms with E-state index < -0.39 is 0 Å². The highest BCUT2D eigenvalue weighted by molar-refractivity contribution is 7.99. The van der Waals surface area contributed by atoms with Gasteiger partial charge in [-0.05, 0) is 60.9 Å². The van der Waals surface area contributed by atoms with Crippen molar-refractivity contribution in [1.82, 2.24) is 5.32 Å². The molecule has 1 aromatic rings. The predicted octanol–water partition coefficient (Wildman–Crippen LogP) is 4.27. The summed E-state index contributed by atoms with van der Waals surface area (Å²) < 4.78 is 5.09. The van der Waals surface area contributed by atoms with Crippen LogP contribution in [0.5, 0.6) is 0 Å². The highest BCUT2D eigenvalue weighted by Crippen LogP contribution is 2.18. The third-order valence-electron chi connectivity index (χ3n) is 3.43. The zero-order valence-electron chi connectivity index (χ0n) is 13.2. The summed E-state index contributed by atoms with van der Waals surface area (Å²) in [6, 6.07) is 8.24. The van der Waals surface area contributed by atoms with Gasteiger partial charge in [-0.2, -0.15) is 11.8 Å². The SMILES string of the molecule is CCSCCCC(CNCCOC)Cc1cccc(Cl)c1. The second-order valence-corrected chi connectivity index (χ2v) is 7.07. The quantitative estimate of drug-likeness (QED) is 0.579. The maximum absolute atomic E-state index is 6.08. The van der Waals surface area contributed by atoms with Crippen LogP contribution < -0.4 is 5.32 Å². The molecule has 1 aromatic carbocycles. The van der Waals surface area contributed by atoms with Gasteiger partial charge in [0.05, 0.1) is 6.61 Å². The summed E-state index contributed by atoms with van der Waals surface area (Å²) in [4.78, 5) is 0. The van der Waals surface area contributed by atoms with Crippen LogP contribution in [-0.2, 0) is 11.2 Å². The molecule has 0 aliphatic carbocycles. The average Bonchev–Trinajstić information content (AvgIpc) is 2.48. The van der Waals surface area contributed by atoms with E-state index in [1.807, 2.05) is 23.9 Å². The minimum atomic E-state index is 0.665. The van der Waals surface area contributed by atoms with Gasteiger partial charge in [0.2, 0.25) is 0 Å². The van der Waals surface area contributed by atoms with E-state index >= 15 is 0 Å². The van der Waals surface area contributed by atoms with E-state index in [-0.39, 0.29) is 0 Å². The van der Waals surface area contributed by atoms with Gasteiger partial charge in [0.1, 0.15) is 0 Å². The molecule has 0 aliphatic heterocycles. The molecule has 1 atom stereocenters. The zero-order chi connectivity index (χ0) is 15.3. The monoisotopic (exact) mass is 329 g/mol. The predicted molar refractivity (Wildman–Crippen MR) is 95.6 cm³/mol. The molecule has 0 saturated heterocycles. The van der Waals surface area contributed by atoms with Crippen molar-refractivity contribution in [3.63, 3.8) is 0 Å². The van der Waals surface area contributed by atoms with Gasteiger partial charge in [-0.1, -0.05) is 30.7 Å². The number of methoxy groups -OCH3 is 1. The first-order chi connectivity index (χ1) is 10.3. The van der Waals surface area contributed by atoms with Gasteiger partial charge < -0.3 is 10.1 Å².